The van der Waals surface area contributed by atoms with E-state index in [2.05, 4.69) is 20.8 Å². The maximum atomic E-state index is 12.3. The zero-order valence-electron chi connectivity index (χ0n) is 10.8. The summed E-state index contributed by atoms with van der Waals surface area (Å²) in [5.74, 6) is 1.15. The molecule has 1 aromatic rings. The minimum Gasteiger partial charge on any atom is -0.493 e. The van der Waals surface area contributed by atoms with E-state index in [-0.39, 0.29) is 17.1 Å². The van der Waals surface area contributed by atoms with Gasteiger partial charge in [0.2, 0.25) is 0 Å². The predicted octanol–water partition coefficient (Wildman–Crippen LogP) is 3.70. The van der Waals surface area contributed by atoms with Gasteiger partial charge in [-0.15, -0.1) is 0 Å². The smallest absolute Gasteiger partial charge is 0.170 e. The van der Waals surface area contributed by atoms with E-state index in [1.807, 2.05) is 24.3 Å². The minimum absolute atomic E-state index is 0.175. The van der Waals surface area contributed by atoms with E-state index in [1.165, 1.54) is 0 Å². The highest BCUT2D eigenvalue weighted by Gasteiger charge is 2.50. The zero-order valence-corrected chi connectivity index (χ0v) is 10.8. The summed E-state index contributed by atoms with van der Waals surface area (Å²) in [6.07, 6.45) is 1.95. The molecule has 0 aliphatic heterocycles. The first-order valence-corrected chi connectivity index (χ1v) is 6.32. The maximum absolute atomic E-state index is 12.3. The van der Waals surface area contributed by atoms with Crippen LogP contribution in [-0.2, 0) is 0 Å². The van der Waals surface area contributed by atoms with Crippen molar-refractivity contribution in [2.45, 2.75) is 33.6 Å². The number of carbonyl (C=O) groups is 1. The second-order valence-electron chi connectivity index (χ2n) is 5.45. The molecule has 1 aliphatic rings. The van der Waals surface area contributed by atoms with Crippen molar-refractivity contribution in [2.75, 3.05) is 6.61 Å². The predicted molar refractivity (Wildman–Crippen MR) is 68.4 cm³/mol. The van der Waals surface area contributed by atoms with Crippen LogP contribution in [0.2, 0.25) is 0 Å². The van der Waals surface area contributed by atoms with Crippen LogP contribution in [0, 0.1) is 11.3 Å². The Morgan fingerprint density at radius 2 is 2.06 bits per heavy atom. The number of benzene rings is 1. The Bertz CT molecular complexity index is 421. The SMILES string of the molecule is CCCOc1ccccc1C(=O)C1CC1(C)C. The van der Waals surface area contributed by atoms with Gasteiger partial charge < -0.3 is 4.74 Å². The molecule has 2 heteroatoms. The van der Waals surface area contributed by atoms with Crippen molar-refractivity contribution >= 4 is 5.78 Å². The van der Waals surface area contributed by atoms with E-state index >= 15 is 0 Å². The van der Waals surface area contributed by atoms with Crippen LogP contribution >= 0.6 is 0 Å². The van der Waals surface area contributed by atoms with Crippen molar-refractivity contribution < 1.29 is 9.53 Å². The van der Waals surface area contributed by atoms with Gasteiger partial charge in [-0.1, -0.05) is 32.9 Å². The van der Waals surface area contributed by atoms with E-state index in [9.17, 15) is 4.79 Å². The fourth-order valence-electron chi connectivity index (χ4n) is 2.11. The van der Waals surface area contributed by atoms with Crippen molar-refractivity contribution in [3.05, 3.63) is 29.8 Å². The lowest BCUT2D eigenvalue weighted by Gasteiger charge is -2.10. The third-order valence-electron chi connectivity index (χ3n) is 3.44. The summed E-state index contributed by atoms with van der Waals surface area (Å²) in [5.41, 5.74) is 0.922. The summed E-state index contributed by atoms with van der Waals surface area (Å²) < 4.78 is 5.63. The van der Waals surface area contributed by atoms with Crippen LogP contribution in [0.3, 0.4) is 0 Å². The second kappa shape index (κ2) is 4.52. The molecular formula is C15H20O2. The largest absolute Gasteiger partial charge is 0.493 e. The number of para-hydroxylation sites is 1. The lowest BCUT2D eigenvalue weighted by Crippen LogP contribution is -2.09. The first-order chi connectivity index (χ1) is 8.06. The van der Waals surface area contributed by atoms with Crippen LogP contribution in [0.15, 0.2) is 24.3 Å². The van der Waals surface area contributed by atoms with Gasteiger partial charge in [-0.3, -0.25) is 4.79 Å². The molecule has 0 heterocycles. The van der Waals surface area contributed by atoms with E-state index in [0.29, 0.717) is 6.61 Å². The summed E-state index contributed by atoms with van der Waals surface area (Å²) in [6, 6.07) is 7.58. The molecule has 0 radical (unpaired) electrons. The highest BCUT2D eigenvalue weighted by atomic mass is 16.5. The first kappa shape index (κ1) is 12.2. The van der Waals surface area contributed by atoms with Crippen LogP contribution < -0.4 is 4.74 Å². The molecule has 0 aromatic heterocycles. The third-order valence-corrected chi connectivity index (χ3v) is 3.44. The van der Waals surface area contributed by atoms with Gasteiger partial charge >= 0.3 is 0 Å². The number of carbonyl (C=O) groups excluding carboxylic acids is 1. The average molecular weight is 232 g/mol. The van der Waals surface area contributed by atoms with Gasteiger partial charge in [0.05, 0.1) is 12.2 Å². The molecule has 2 nitrogen and oxygen atoms in total. The summed E-state index contributed by atoms with van der Waals surface area (Å²) >= 11 is 0. The quantitative estimate of drug-likeness (QED) is 0.723. The van der Waals surface area contributed by atoms with Gasteiger partial charge in [-0.2, -0.15) is 0 Å². The molecule has 0 saturated heterocycles. The number of ketones is 1. The molecule has 1 atom stereocenters. The van der Waals surface area contributed by atoms with Crippen molar-refractivity contribution in [1.82, 2.24) is 0 Å². The Morgan fingerprint density at radius 1 is 1.41 bits per heavy atom. The highest BCUT2D eigenvalue weighted by molar-refractivity contribution is 6.02. The molecule has 2 rings (SSSR count). The lowest BCUT2D eigenvalue weighted by molar-refractivity contribution is 0.0949. The normalized spacial score (nSPS) is 21.0. The lowest BCUT2D eigenvalue weighted by atomic mass is 10.0. The van der Waals surface area contributed by atoms with Crippen LogP contribution in [0.25, 0.3) is 0 Å². The molecule has 1 saturated carbocycles. The van der Waals surface area contributed by atoms with Crippen LogP contribution in [0.1, 0.15) is 44.0 Å². The number of ether oxygens (including phenoxy) is 1. The number of hydrogen-bond donors (Lipinski definition) is 0. The average Bonchev–Trinajstić information content (AvgIpc) is 2.95. The Hall–Kier alpha value is -1.31. The van der Waals surface area contributed by atoms with Gasteiger partial charge in [-0.05, 0) is 30.4 Å². The third kappa shape index (κ3) is 2.51. The van der Waals surface area contributed by atoms with Crippen molar-refractivity contribution in [3.8, 4) is 5.75 Å². The first-order valence-electron chi connectivity index (χ1n) is 6.32. The van der Waals surface area contributed by atoms with Crippen molar-refractivity contribution in [1.29, 1.82) is 0 Å². The summed E-state index contributed by atoms with van der Waals surface area (Å²) in [4.78, 5) is 12.3. The van der Waals surface area contributed by atoms with Gasteiger partial charge in [0.25, 0.3) is 0 Å². The molecule has 92 valence electrons. The van der Waals surface area contributed by atoms with Crippen molar-refractivity contribution in [2.24, 2.45) is 11.3 Å². The van der Waals surface area contributed by atoms with Crippen LogP contribution in [0.4, 0.5) is 0 Å². The maximum Gasteiger partial charge on any atom is 0.170 e. The molecule has 1 unspecified atom stereocenters. The zero-order chi connectivity index (χ0) is 12.5. The summed E-state index contributed by atoms with van der Waals surface area (Å²) in [5, 5.41) is 0. The Labute approximate surface area is 103 Å². The van der Waals surface area contributed by atoms with Gasteiger partial charge in [-0.25, -0.2) is 0 Å². The molecule has 0 amide bonds. The number of Topliss-reactive ketones (excluding diaryl/α,β-unsaturated/α-hetero) is 1. The van der Waals surface area contributed by atoms with E-state index in [0.717, 1.165) is 24.2 Å². The summed E-state index contributed by atoms with van der Waals surface area (Å²) in [7, 11) is 0. The van der Waals surface area contributed by atoms with Crippen LogP contribution in [0.5, 0.6) is 5.75 Å². The van der Waals surface area contributed by atoms with Gasteiger partial charge in [0, 0.05) is 5.92 Å². The van der Waals surface area contributed by atoms with Crippen LogP contribution in [-0.4, -0.2) is 12.4 Å². The molecule has 1 aromatic carbocycles. The topological polar surface area (TPSA) is 26.3 Å². The Morgan fingerprint density at radius 3 is 2.65 bits per heavy atom. The Balaban J connectivity index is 2.17. The van der Waals surface area contributed by atoms with E-state index < -0.39 is 0 Å². The highest BCUT2D eigenvalue weighted by Crippen LogP contribution is 2.53. The number of rotatable bonds is 5. The molecule has 17 heavy (non-hydrogen) atoms. The summed E-state index contributed by atoms with van der Waals surface area (Å²) in [6.45, 7) is 7.02. The molecule has 0 bridgehead atoms. The standard InChI is InChI=1S/C15H20O2/c1-4-9-17-13-8-6-5-7-11(13)14(16)12-10-15(12,2)3/h5-8,12H,4,9-10H2,1-3H3. The molecule has 1 aliphatic carbocycles. The van der Waals surface area contributed by atoms with Crippen molar-refractivity contribution in [3.63, 3.8) is 0 Å². The minimum atomic E-state index is 0.175. The van der Waals surface area contributed by atoms with E-state index in [1.54, 1.807) is 0 Å². The number of hydrogen-bond acceptors (Lipinski definition) is 2. The van der Waals surface area contributed by atoms with Gasteiger partial charge in [0.15, 0.2) is 5.78 Å². The second-order valence-corrected chi connectivity index (χ2v) is 5.45. The molecular weight excluding hydrogens is 212 g/mol. The Kier molecular flexibility index (Phi) is 3.23. The fraction of sp³-hybridized carbons (Fsp3) is 0.533. The fourth-order valence-corrected chi connectivity index (χ4v) is 2.11. The molecule has 1 fully saturated rings. The monoisotopic (exact) mass is 232 g/mol. The molecule has 0 spiro atoms. The molecule has 0 N–H and O–H groups in total. The van der Waals surface area contributed by atoms with Gasteiger partial charge in [0.1, 0.15) is 5.75 Å². The van der Waals surface area contributed by atoms with E-state index in [4.69, 9.17) is 4.74 Å².